The van der Waals surface area contributed by atoms with Gasteiger partial charge in [0.15, 0.2) is 0 Å². The summed E-state index contributed by atoms with van der Waals surface area (Å²) in [6.45, 7) is 1.97. The Labute approximate surface area is 174 Å². The number of nitrogens with one attached hydrogen (secondary N) is 3. The topological polar surface area (TPSA) is 70.2 Å². The van der Waals surface area contributed by atoms with E-state index >= 15 is 0 Å². The number of carbonyl (C=O) groups excluding carboxylic acids is 2. The van der Waals surface area contributed by atoms with Gasteiger partial charge in [-0.05, 0) is 30.2 Å². The van der Waals surface area contributed by atoms with Crippen molar-refractivity contribution in [2.24, 2.45) is 5.92 Å². The standard InChI is InChI=1S/C23H23N3O2S/c1-13-17(22(27)24-2)18(14-9-5-4-6-10-14)19(23(28)25-3)20-21(13)29-16-12-8-7-11-15(16)26-20/h4-12,18-19,26H,1-3H3,(H,24,27)(H,25,28). The van der Waals surface area contributed by atoms with Crippen molar-refractivity contribution in [3.05, 3.63) is 81.9 Å². The monoisotopic (exact) mass is 405 g/mol. The van der Waals surface area contributed by atoms with E-state index in [9.17, 15) is 9.59 Å². The van der Waals surface area contributed by atoms with Gasteiger partial charge in [-0.1, -0.05) is 54.2 Å². The van der Waals surface area contributed by atoms with E-state index in [2.05, 4.69) is 16.0 Å². The average Bonchev–Trinajstić information content (AvgIpc) is 2.77. The van der Waals surface area contributed by atoms with E-state index in [0.717, 1.165) is 32.3 Å². The van der Waals surface area contributed by atoms with Gasteiger partial charge in [0.05, 0.1) is 11.6 Å². The van der Waals surface area contributed by atoms with Crippen molar-refractivity contribution in [2.75, 3.05) is 19.4 Å². The second kappa shape index (κ2) is 7.79. The Hall–Kier alpha value is -2.99. The summed E-state index contributed by atoms with van der Waals surface area (Å²) in [5.41, 5.74) is 4.32. The molecule has 0 saturated carbocycles. The van der Waals surface area contributed by atoms with Gasteiger partial charge in [-0.15, -0.1) is 0 Å². The molecule has 0 aromatic heterocycles. The summed E-state index contributed by atoms with van der Waals surface area (Å²) in [5, 5.41) is 9.09. The lowest BCUT2D eigenvalue weighted by molar-refractivity contribution is -0.124. The van der Waals surface area contributed by atoms with Crippen LogP contribution in [0.2, 0.25) is 0 Å². The minimum atomic E-state index is -0.533. The second-order valence-corrected chi connectivity index (χ2v) is 8.12. The molecule has 1 aliphatic carbocycles. The van der Waals surface area contributed by atoms with E-state index in [1.807, 2.05) is 61.5 Å². The summed E-state index contributed by atoms with van der Waals surface area (Å²) < 4.78 is 0. The van der Waals surface area contributed by atoms with Crippen LogP contribution in [-0.4, -0.2) is 25.9 Å². The molecule has 148 valence electrons. The van der Waals surface area contributed by atoms with Crippen molar-refractivity contribution in [1.82, 2.24) is 10.6 Å². The third kappa shape index (κ3) is 3.23. The van der Waals surface area contributed by atoms with Gasteiger partial charge >= 0.3 is 0 Å². The highest BCUT2D eigenvalue weighted by Gasteiger charge is 2.44. The molecule has 2 atom stereocenters. The molecule has 2 aliphatic rings. The van der Waals surface area contributed by atoms with Crippen LogP contribution in [0, 0.1) is 5.92 Å². The zero-order valence-corrected chi connectivity index (χ0v) is 17.4. The summed E-state index contributed by atoms with van der Waals surface area (Å²) in [6, 6.07) is 17.8. The molecule has 0 fully saturated rings. The average molecular weight is 406 g/mol. The SMILES string of the molecule is CNC(=O)C1=C(C)C2=C(Nc3ccccc3S2)C(C(=O)NC)C1c1ccccc1. The smallest absolute Gasteiger partial charge is 0.247 e. The van der Waals surface area contributed by atoms with E-state index in [-0.39, 0.29) is 17.7 Å². The molecule has 2 aromatic carbocycles. The molecule has 3 N–H and O–H groups in total. The minimum absolute atomic E-state index is 0.118. The van der Waals surface area contributed by atoms with E-state index in [1.165, 1.54) is 0 Å². The number of benzene rings is 2. The number of likely N-dealkylation sites (N-methyl/N-ethyl adjacent to an activating group) is 1. The van der Waals surface area contributed by atoms with Crippen molar-refractivity contribution in [3.63, 3.8) is 0 Å². The number of thioether (sulfide) groups is 1. The quantitative estimate of drug-likeness (QED) is 0.729. The zero-order chi connectivity index (χ0) is 20.5. The molecule has 29 heavy (non-hydrogen) atoms. The maximum absolute atomic E-state index is 13.1. The fraction of sp³-hybridized carbons (Fsp3) is 0.217. The van der Waals surface area contributed by atoms with Gasteiger partial charge in [-0.3, -0.25) is 9.59 Å². The fourth-order valence-corrected chi connectivity index (χ4v) is 5.26. The molecule has 2 amide bonds. The lowest BCUT2D eigenvalue weighted by atomic mass is 9.72. The highest BCUT2D eigenvalue weighted by atomic mass is 32.2. The van der Waals surface area contributed by atoms with Crippen LogP contribution in [0.25, 0.3) is 0 Å². The van der Waals surface area contributed by atoms with Gasteiger partial charge in [0.1, 0.15) is 0 Å². The first-order valence-electron chi connectivity index (χ1n) is 9.54. The Morgan fingerprint density at radius 2 is 1.66 bits per heavy atom. The highest BCUT2D eigenvalue weighted by Crippen LogP contribution is 2.53. The number of para-hydroxylation sites is 1. The van der Waals surface area contributed by atoms with E-state index < -0.39 is 5.92 Å². The summed E-state index contributed by atoms with van der Waals surface area (Å²) in [6.07, 6.45) is 0. The maximum Gasteiger partial charge on any atom is 0.247 e. The Kier molecular flexibility index (Phi) is 5.20. The van der Waals surface area contributed by atoms with Crippen molar-refractivity contribution in [2.45, 2.75) is 17.7 Å². The van der Waals surface area contributed by atoms with Gasteiger partial charge < -0.3 is 16.0 Å². The van der Waals surface area contributed by atoms with Crippen LogP contribution in [0.15, 0.2) is 81.2 Å². The molecule has 1 aliphatic heterocycles. The Balaban J connectivity index is 1.96. The largest absolute Gasteiger partial charge is 0.359 e. The molecule has 2 aromatic rings. The van der Waals surface area contributed by atoms with Gasteiger partial charge in [-0.2, -0.15) is 0 Å². The van der Waals surface area contributed by atoms with Crippen molar-refractivity contribution in [1.29, 1.82) is 0 Å². The first kappa shape index (κ1) is 19.3. The highest BCUT2D eigenvalue weighted by molar-refractivity contribution is 8.03. The zero-order valence-electron chi connectivity index (χ0n) is 16.6. The Bertz CT molecular complexity index is 1040. The molecule has 2 unspecified atom stereocenters. The summed E-state index contributed by atoms with van der Waals surface area (Å²) in [4.78, 5) is 28.1. The van der Waals surface area contributed by atoms with Gasteiger partial charge in [0.2, 0.25) is 11.8 Å². The molecule has 5 nitrogen and oxygen atoms in total. The number of hydrogen-bond donors (Lipinski definition) is 3. The van der Waals surface area contributed by atoms with Crippen LogP contribution in [0.4, 0.5) is 5.69 Å². The lowest BCUT2D eigenvalue weighted by Crippen LogP contribution is -2.41. The van der Waals surface area contributed by atoms with Crippen LogP contribution in [0.5, 0.6) is 0 Å². The Morgan fingerprint density at radius 3 is 2.34 bits per heavy atom. The van der Waals surface area contributed by atoms with Crippen molar-refractivity contribution < 1.29 is 9.59 Å². The Morgan fingerprint density at radius 1 is 0.966 bits per heavy atom. The normalized spacial score (nSPS) is 20.4. The van der Waals surface area contributed by atoms with Crippen molar-refractivity contribution in [3.8, 4) is 0 Å². The number of carbonyl (C=O) groups is 2. The maximum atomic E-state index is 13.1. The minimum Gasteiger partial charge on any atom is -0.359 e. The summed E-state index contributed by atoms with van der Waals surface area (Å²) in [5.74, 6) is -1.19. The van der Waals surface area contributed by atoms with Gasteiger partial charge in [-0.25, -0.2) is 0 Å². The molecule has 0 radical (unpaired) electrons. The molecule has 0 spiro atoms. The van der Waals surface area contributed by atoms with E-state index in [1.54, 1.807) is 25.9 Å². The second-order valence-electron chi connectivity index (χ2n) is 7.06. The van der Waals surface area contributed by atoms with Gasteiger partial charge in [0.25, 0.3) is 0 Å². The number of hydrogen-bond acceptors (Lipinski definition) is 4. The molecule has 0 bridgehead atoms. The summed E-state index contributed by atoms with van der Waals surface area (Å²) >= 11 is 1.61. The molecule has 4 rings (SSSR count). The van der Waals surface area contributed by atoms with E-state index in [0.29, 0.717) is 5.57 Å². The summed E-state index contributed by atoms with van der Waals surface area (Å²) in [7, 11) is 3.27. The number of allylic oxidation sites excluding steroid dienone is 1. The van der Waals surface area contributed by atoms with Crippen LogP contribution >= 0.6 is 11.8 Å². The molecular formula is C23H23N3O2S. The number of fused-ring (bicyclic) bond motifs is 1. The first-order chi connectivity index (χ1) is 14.1. The van der Waals surface area contributed by atoms with Crippen LogP contribution in [0.3, 0.4) is 0 Å². The molecule has 1 heterocycles. The molecule has 0 saturated heterocycles. The number of anilines is 1. The third-order valence-corrected chi connectivity index (χ3v) is 6.78. The van der Waals surface area contributed by atoms with Crippen molar-refractivity contribution >= 4 is 29.3 Å². The van der Waals surface area contributed by atoms with Crippen LogP contribution < -0.4 is 16.0 Å². The van der Waals surface area contributed by atoms with E-state index in [4.69, 9.17) is 0 Å². The molecule has 6 heteroatoms. The molecular weight excluding hydrogens is 382 g/mol. The third-order valence-electron chi connectivity index (χ3n) is 5.47. The van der Waals surface area contributed by atoms with Gasteiger partial charge in [0, 0.05) is 41.1 Å². The number of amides is 2. The first-order valence-corrected chi connectivity index (χ1v) is 10.4. The fourth-order valence-electron chi connectivity index (χ4n) is 4.12. The predicted octanol–water partition coefficient (Wildman–Crippen LogP) is 3.64. The lowest BCUT2D eigenvalue weighted by Gasteiger charge is -2.39. The number of rotatable bonds is 3. The van der Waals surface area contributed by atoms with Crippen LogP contribution in [-0.2, 0) is 9.59 Å². The predicted molar refractivity (Wildman–Crippen MR) is 116 cm³/mol. The van der Waals surface area contributed by atoms with Crippen LogP contribution in [0.1, 0.15) is 18.4 Å².